The van der Waals surface area contributed by atoms with E-state index in [2.05, 4.69) is 4.90 Å². The molecule has 0 amide bonds. The molecule has 0 N–H and O–H groups in total. The molecule has 1 aromatic carbocycles. The highest BCUT2D eigenvalue weighted by atomic mass is 35.5. The lowest BCUT2D eigenvalue weighted by Gasteiger charge is -2.34. The fourth-order valence-corrected chi connectivity index (χ4v) is 2.76. The molecular formula is C16H24ClNO3. The van der Waals surface area contributed by atoms with Crippen molar-refractivity contribution >= 4 is 18.4 Å². The summed E-state index contributed by atoms with van der Waals surface area (Å²) in [6, 6.07) is 8.09. The number of halogens is 1. The van der Waals surface area contributed by atoms with Crippen LogP contribution < -0.4 is 4.74 Å². The predicted octanol–water partition coefficient (Wildman–Crippen LogP) is 3.21. The Labute approximate surface area is 132 Å². The summed E-state index contributed by atoms with van der Waals surface area (Å²) in [5, 5.41) is 0. The molecule has 1 saturated heterocycles. The molecule has 0 saturated carbocycles. The second-order valence-corrected chi connectivity index (χ2v) is 5.17. The number of likely N-dealkylation sites (tertiary alicyclic amines) is 1. The summed E-state index contributed by atoms with van der Waals surface area (Å²) in [6.45, 7) is 2.10. The summed E-state index contributed by atoms with van der Waals surface area (Å²) < 4.78 is 10.0. The number of nitrogens with zero attached hydrogens (tertiary/aromatic N) is 1. The number of carbonyl (C=O) groups excluding carboxylic acids is 1. The number of hydrogen-bond donors (Lipinski definition) is 0. The fourth-order valence-electron chi connectivity index (χ4n) is 2.76. The van der Waals surface area contributed by atoms with Crippen LogP contribution in [0.3, 0.4) is 0 Å². The molecule has 1 unspecified atom stereocenters. The van der Waals surface area contributed by atoms with Gasteiger partial charge in [0, 0.05) is 6.04 Å². The van der Waals surface area contributed by atoms with Crippen molar-refractivity contribution in [1.29, 1.82) is 0 Å². The second kappa shape index (κ2) is 8.90. The van der Waals surface area contributed by atoms with Gasteiger partial charge in [0.2, 0.25) is 0 Å². The Morgan fingerprint density at radius 3 is 2.29 bits per heavy atom. The molecule has 4 nitrogen and oxygen atoms in total. The Hall–Kier alpha value is -1.26. The van der Waals surface area contributed by atoms with Crippen LogP contribution in [0.25, 0.3) is 0 Å². The van der Waals surface area contributed by atoms with Crippen molar-refractivity contribution in [3.05, 3.63) is 29.8 Å². The van der Waals surface area contributed by atoms with Crippen molar-refractivity contribution in [2.75, 3.05) is 27.3 Å². The minimum absolute atomic E-state index is 0. The van der Waals surface area contributed by atoms with Crippen molar-refractivity contribution in [2.24, 2.45) is 0 Å². The predicted molar refractivity (Wildman–Crippen MR) is 85.0 cm³/mol. The van der Waals surface area contributed by atoms with Gasteiger partial charge in [0.05, 0.1) is 20.6 Å². The molecule has 0 spiro atoms. The zero-order valence-electron chi connectivity index (χ0n) is 12.7. The molecule has 1 aromatic rings. The van der Waals surface area contributed by atoms with Gasteiger partial charge in [0.25, 0.3) is 0 Å². The van der Waals surface area contributed by atoms with Crippen LogP contribution in [0.2, 0.25) is 0 Å². The maximum absolute atomic E-state index is 11.7. The van der Waals surface area contributed by atoms with E-state index < -0.39 is 0 Å². The summed E-state index contributed by atoms with van der Waals surface area (Å²) in [6.07, 6.45) is 4.09. The summed E-state index contributed by atoms with van der Waals surface area (Å²) in [5.74, 6) is 0.681. The lowest BCUT2D eigenvalue weighted by molar-refractivity contribution is -0.142. The van der Waals surface area contributed by atoms with E-state index in [0.717, 1.165) is 24.4 Å². The molecule has 1 aliphatic rings. The summed E-state index contributed by atoms with van der Waals surface area (Å²) in [4.78, 5) is 14.1. The molecule has 0 aromatic heterocycles. The Kier molecular flexibility index (Phi) is 7.54. The number of esters is 1. The molecule has 0 bridgehead atoms. The van der Waals surface area contributed by atoms with Crippen LogP contribution in [-0.2, 0) is 9.53 Å². The third-order valence-electron chi connectivity index (χ3n) is 3.92. The molecule has 21 heavy (non-hydrogen) atoms. The number of benzene rings is 1. The third-order valence-corrected chi connectivity index (χ3v) is 3.92. The maximum Gasteiger partial charge on any atom is 0.307 e. The van der Waals surface area contributed by atoms with Gasteiger partial charge in [-0.3, -0.25) is 9.69 Å². The Bertz CT molecular complexity index is 430. The van der Waals surface area contributed by atoms with Gasteiger partial charge in [-0.15, -0.1) is 12.4 Å². The molecular weight excluding hydrogens is 290 g/mol. The van der Waals surface area contributed by atoms with Gasteiger partial charge in [-0.25, -0.2) is 0 Å². The monoisotopic (exact) mass is 313 g/mol. The smallest absolute Gasteiger partial charge is 0.307 e. The van der Waals surface area contributed by atoms with Gasteiger partial charge in [-0.2, -0.15) is 0 Å². The molecule has 5 heteroatoms. The summed E-state index contributed by atoms with van der Waals surface area (Å²) >= 11 is 0. The lowest BCUT2D eigenvalue weighted by atomic mass is 9.99. The normalized spacial score (nSPS) is 16.7. The Morgan fingerprint density at radius 1 is 1.14 bits per heavy atom. The third kappa shape index (κ3) is 4.90. The van der Waals surface area contributed by atoms with Gasteiger partial charge in [0.1, 0.15) is 5.75 Å². The van der Waals surface area contributed by atoms with Crippen molar-refractivity contribution in [3.63, 3.8) is 0 Å². The SMILES string of the molecule is COC(=O)CC(c1ccc(OC)cc1)N1CCCCC1.Cl. The Morgan fingerprint density at radius 2 is 1.76 bits per heavy atom. The molecule has 1 atom stereocenters. The fraction of sp³-hybridized carbons (Fsp3) is 0.562. The first kappa shape index (κ1) is 17.8. The number of ether oxygens (including phenoxy) is 2. The summed E-state index contributed by atoms with van der Waals surface area (Å²) in [5.41, 5.74) is 1.15. The average Bonchev–Trinajstić information content (AvgIpc) is 2.53. The number of methoxy groups -OCH3 is 2. The molecule has 0 radical (unpaired) electrons. The van der Waals surface area contributed by atoms with Crippen LogP contribution in [0, 0.1) is 0 Å². The zero-order chi connectivity index (χ0) is 14.4. The van der Waals surface area contributed by atoms with E-state index >= 15 is 0 Å². The van der Waals surface area contributed by atoms with E-state index in [-0.39, 0.29) is 24.4 Å². The van der Waals surface area contributed by atoms with E-state index in [1.54, 1.807) is 7.11 Å². The highest BCUT2D eigenvalue weighted by Gasteiger charge is 2.25. The van der Waals surface area contributed by atoms with Gasteiger partial charge in [-0.1, -0.05) is 18.6 Å². The molecule has 1 aliphatic heterocycles. The molecule has 0 aliphatic carbocycles. The van der Waals surface area contributed by atoms with Crippen LogP contribution in [-0.4, -0.2) is 38.2 Å². The van der Waals surface area contributed by atoms with Crippen LogP contribution in [0.15, 0.2) is 24.3 Å². The number of hydrogen-bond acceptors (Lipinski definition) is 4. The second-order valence-electron chi connectivity index (χ2n) is 5.17. The standard InChI is InChI=1S/C16H23NO3.ClH/c1-19-14-8-6-13(7-9-14)15(12-16(18)20-2)17-10-4-3-5-11-17;/h6-9,15H,3-5,10-12H2,1-2H3;1H. The number of piperidine rings is 1. The van der Waals surface area contributed by atoms with Crippen LogP contribution in [0.5, 0.6) is 5.75 Å². The van der Waals surface area contributed by atoms with E-state index in [4.69, 9.17) is 9.47 Å². The van der Waals surface area contributed by atoms with Crippen molar-refractivity contribution in [1.82, 2.24) is 4.90 Å². The van der Waals surface area contributed by atoms with Crippen molar-refractivity contribution in [3.8, 4) is 5.75 Å². The molecule has 1 heterocycles. The highest BCUT2D eigenvalue weighted by Crippen LogP contribution is 2.29. The first-order valence-electron chi connectivity index (χ1n) is 7.19. The quantitative estimate of drug-likeness (QED) is 0.783. The van der Waals surface area contributed by atoms with Crippen molar-refractivity contribution < 1.29 is 14.3 Å². The van der Waals surface area contributed by atoms with Crippen LogP contribution in [0.4, 0.5) is 0 Å². The van der Waals surface area contributed by atoms with Gasteiger partial charge in [0.15, 0.2) is 0 Å². The molecule has 1 fully saturated rings. The minimum atomic E-state index is -0.156. The van der Waals surface area contributed by atoms with Gasteiger partial charge in [-0.05, 0) is 43.6 Å². The van der Waals surface area contributed by atoms with E-state index in [9.17, 15) is 4.79 Å². The molecule has 2 rings (SSSR count). The van der Waals surface area contributed by atoms with Crippen LogP contribution in [0.1, 0.15) is 37.3 Å². The van der Waals surface area contributed by atoms with Gasteiger partial charge < -0.3 is 9.47 Å². The number of rotatable bonds is 5. The number of carbonyl (C=O) groups is 1. The van der Waals surface area contributed by atoms with E-state index in [0.29, 0.717) is 6.42 Å². The maximum atomic E-state index is 11.7. The van der Waals surface area contributed by atoms with E-state index in [1.807, 2.05) is 24.3 Å². The zero-order valence-corrected chi connectivity index (χ0v) is 13.5. The first-order chi connectivity index (χ1) is 9.74. The average molecular weight is 314 g/mol. The molecule has 118 valence electrons. The van der Waals surface area contributed by atoms with E-state index in [1.165, 1.54) is 26.4 Å². The highest BCUT2D eigenvalue weighted by molar-refractivity contribution is 5.85. The van der Waals surface area contributed by atoms with Crippen LogP contribution >= 0.6 is 12.4 Å². The summed E-state index contributed by atoms with van der Waals surface area (Å²) in [7, 11) is 3.11. The van der Waals surface area contributed by atoms with Gasteiger partial charge >= 0.3 is 5.97 Å². The topological polar surface area (TPSA) is 38.8 Å². The lowest BCUT2D eigenvalue weighted by Crippen LogP contribution is -2.35. The largest absolute Gasteiger partial charge is 0.497 e. The minimum Gasteiger partial charge on any atom is -0.497 e. The Balaban J connectivity index is 0.00000220. The first-order valence-corrected chi connectivity index (χ1v) is 7.19. The van der Waals surface area contributed by atoms with Crippen molar-refractivity contribution in [2.45, 2.75) is 31.7 Å².